The number of carbonyl (C=O) groups excluding carboxylic acids is 2. The van der Waals surface area contributed by atoms with Crippen LogP contribution in [0.4, 0.5) is 5.69 Å². The maximum Gasteiger partial charge on any atom is 0.238 e. The second kappa shape index (κ2) is 9.80. The minimum atomic E-state index is -0.507. The molecule has 2 aliphatic rings. The third-order valence-corrected chi connectivity index (χ3v) is 5.53. The Morgan fingerprint density at radius 3 is 2.58 bits per heavy atom. The fraction of sp³-hybridized carbons (Fsp3) is 0.391. The van der Waals surface area contributed by atoms with Crippen molar-refractivity contribution >= 4 is 17.5 Å². The van der Waals surface area contributed by atoms with Crippen LogP contribution in [0.25, 0.3) is 0 Å². The molecule has 0 unspecified atom stereocenters. The van der Waals surface area contributed by atoms with Crippen molar-refractivity contribution in [3.8, 4) is 11.5 Å². The third-order valence-electron chi connectivity index (χ3n) is 5.53. The number of carbonyl (C=O) groups is 2. The molecule has 1 atom stereocenters. The second-order valence-electron chi connectivity index (χ2n) is 7.87. The van der Waals surface area contributed by atoms with E-state index in [4.69, 9.17) is 15.2 Å². The van der Waals surface area contributed by atoms with Crippen LogP contribution in [0, 0.1) is 0 Å². The summed E-state index contributed by atoms with van der Waals surface area (Å²) < 4.78 is 11.3. The van der Waals surface area contributed by atoms with Gasteiger partial charge in [-0.1, -0.05) is 30.3 Å². The van der Waals surface area contributed by atoms with Gasteiger partial charge in [0.1, 0.15) is 6.04 Å². The number of benzene rings is 2. The van der Waals surface area contributed by atoms with E-state index >= 15 is 0 Å². The van der Waals surface area contributed by atoms with Gasteiger partial charge in [-0.2, -0.15) is 0 Å². The number of rotatable bonds is 6. The Kier molecular flexibility index (Phi) is 6.69. The van der Waals surface area contributed by atoms with Gasteiger partial charge in [0.05, 0.1) is 19.8 Å². The lowest BCUT2D eigenvalue weighted by Crippen LogP contribution is -2.59. The summed E-state index contributed by atoms with van der Waals surface area (Å²) in [5.74, 6) is 0.692. The van der Waals surface area contributed by atoms with Gasteiger partial charge >= 0.3 is 0 Å². The maximum absolute atomic E-state index is 12.7. The van der Waals surface area contributed by atoms with Gasteiger partial charge in [0.2, 0.25) is 11.8 Å². The van der Waals surface area contributed by atoms with Gasteiger partial charge in [0, 0.05) is 44.4 Å². The molecule has 0 radical (unpaired) electrons. The monoisotopic (exact) mass is 424 g/mol. The average molecular weight is 425 g/mol. The SMILES string of the molecule is NC(=O)[C@@H]1CN(Cc2ccccc2)CCN1CC(=O)Nc1ccc2c(c1)OCCCO2. The van der Waals surface area contributed by atoms with E-state index < -0.39 is 11.9 Å². The van der Waals surface area contributed by atoms with E-state index in [2.05, 4.69) is 22.3 Å². The number of amides is 2. The topological polar surface area (TPSA) is 97.1 Å². The molecule has 1 saturated heterocycles. The Balaban J connectivity index is 1.35. The summed E-state index contributed by atoms with van der Waals surface area (Å²) in [6.45, 7) is 3.90. The molecular formula is C23H28N4O4. The van der Waals surface area contributed by atoms with Crippen molar-refractivity contribution in [1.82, 2.24) is 9.80 Å². The fourth-order valence-corrected chi connectivity index (χ4v) is 3.95. The first-order valence-corrected chi connectivity index (χ1v) is 10.6. The molecule has 164 valence electrons. The molecule has 4 rings (SSSR count). The molecule has 2 amide bonds. The number of piperazine rings is 1. The normalized spacial score (nSPS) is 19.4. The molecule has 3 N–H and O–H groups in total. The van der Waals surface area contributed by atoms with Crippen molar-refractivity contribution < 1.29 is 19.1 Å². The number of ether oxygens (including phenoxy) is 2. The Labute approximate surface area is 181 Å². The average Bonchev–Trinajstić information content (AvgIpc) is 3.00. The minimum absolute atomic E-state index is 0.0984. The first-order valence-electron chi connectivity index (χ1n) is 10.6. The van der Waals surface area contributed by atoms with Gasteiger partial charge in [-0.15, -0.1) is 0 Å². The minimum Gasteiger partial charge on any atom is -0.490 e. The zero-order chi connectivity index (χ0) is 21.6. The van der Waals surface area contributed by atoms with Crippen LogP contribution in [0.3, 0.4) is 0 Å². The highest BCUT2D eigenvalue weighted by atomic mass is 16.5. The molecule has 2 aromatic rings. The van der Waals surface area contributed by atoms with Gasteiger partial charge in [0.25, 0.3) is 0 Å². The smallest absolute Gasteiger partial charge is 0.238 e. The van der Waals surface area contributed by atoms with E-state index in [0.717, 1.165) is 19.5 Å². The van der Waals surface area contributed by atoms with Crippen molar-refractivity contribution in [3.05, 3.63) is 54.1 Å². The van der Waals surface area contributed by atoms with Crippen molar-refractivity contribution in [2.24, 2.45) is 5.73 Å². The van der Waals surface area contributed by atoms with E-state index in [-0.39, 0.29) is 12.5 Å². The molecule has 8 heteroatoms. The van der Waals surface area contributed by atoms with Crippen molar-refractivity contribution in [2.75, 3.05) is 44.7 Å². The van der Waals surface area contributed by atoms with E-state index in [1.165, 1.54) is 5.56 Å². The quantitative estimate of drug-likeness (QED) is 0.729. The molecule has 0 spiro atoms. The number of nitrogens with two attached hydrogens (primary N) is 1. The van der Waals surface area contributed by atoms with Crippen molar-refractivity contribution in [1.29, 1.82) is 0 Å². The highest BCUT2D eigenvalue weighted by Crippen LogP contribution is 2.32. The number of nitrogens with one attached hydrogen (secondary N) is 1. The lowest BCUT2D eigenvalue weighted by molar-refractivity contribution is -0.127. The highest BCUT2D eigenvalue weighted by Gasteiger charge is 2.32. The van der Waals surface area contributed by atoms with Crippen LogP contribution >= 0.6 is 0 Å². The molecule has 1 fully saturated rings. The van der Waals surface area contributed by atoms with Crippen molar-refractivity contribution in [3.63, 3.8) is 0 Å². The summed E-state index contributed by atoms with van der Waals surface area (Å²) in [6.07, 6.45) is 0.821. The molecule has 2 aliphatic heterocycles. The summed E-state index contributed by atoms with van der Waals surface area (Å²) in [5, 5.41) is 2.89. The van der Waals surface area contributed by atoms with Gasteiger partial charge < -0.3 is 20.5 Å². The summed E-state index contributed by atoms with van der Waals surface area (Å²) in [5.41, 5.74) is 7.48. The molecule has 0 saturated carbocycles. The Bertz CT molecular complexity index is 921. The summed E-state index contributed by atoms with van der Waals surface area (Å²) >= 11 is 0. The fourth-order valence-electron chi connectivity index (χ4n) is 3.95. The van der Waals surface area contributed by atoms with Crippen LogP contribution in [-0.4, -0.2) is 67.0 Å². The molecule has 31 heavy (non-hydrogen) atoms. The first-order chi connectivity index (χ1) is 15.1. The summed E-state index contributed by atoms with van der Waals surface area (Å²) in [4.78, 5) is 28.8. The number of fused-ring (bicyclic) bond motifs is 1. The largest absolute Gasteiger partial charge is 0.490 e. The number of hydrogen-bond donors (Lipinski definition) is 2. The van der Waals surface area contributed by atoms with Crippen LogP contribution in [0.2, 0.25) is 0 Å². The van der Waals surface area contributed by atoms with Gasteiger partial charge in [-0.3, -0.25) is 19.4 Å². The predicted molar refractivity (Wildman–Crippen MR) is 117 cm³/mol. The maximum atomic E-state index is 12.7. The summed E-state index contributed by atoms with van der Waals surface area (Å²) in [7, 11) is 0. The van der Waals surface area contributed by atoms with Gasteiger partial charge in [0.15, 0.2) is 11.5 Å². The lowest BCUT2D eigenvalue weighted by Gasteiger charge is -2.39. The van der Waals surface area contributed by atoms with E-state index in [0.29, 0.717) is 43.5 Å². The molecular weight excluding hydrogens is 396 g/mol. The first kappa shape index (κ1) is 21.1. The summed E-state index contributed by atoms with van der Waals surface area (Å²) in [6, 6.07) is 15.0. The molecule has 0 bridgehead atoms. The molecule has 0 aliphatic carbocycles. The number of primary amides is 1. The van der Waals surface area contributed by atoms with Crippen LogP contribution < -0.4 is 20.5 Å². The van der Waals surface area contributed by atoms with Crippen molar-refractivity contribution in [2.45, 2.75) is 19.0 Å². The zero-order valence-corrected chi connectivity index (χ0v) is 17.5. The van der Waals surface area contributed by atoms with E-state index in [9.17, 15) is 9.59 Å². The van der Waals surface area contributed by atoms with Crippen LogP contribution in [-0.2, 0) is 16.1 Å². The van der Waals surface area contributed by atoms with Crippen LogP contribution in [0.15, 0.2) is 48.5 Å². The molecule has 0 aromatic heterocycles. The van der Waals surface area contributed by atoms with Crippen LogP contribution in [0.1, 0.15) is 12.0 Å². The van der Waals surface area contributed by atoms with Crippen LogP contribution in [0.5, 0.6) is 11.5 Å². The third kappa shape index (κ3) is 5.53. The Hall–Kier alpha value is -3.10. The number of nitrogens with zero attached hydrogens (tertiary/aromatic N) is 2. The Morgan fingerprint density at radius 1 is 1.03 bits per heavy atom. The standard InChI is InChI=1S/C23H28N4O4/c24-23(29)19-15-26(14-17-5-2-1-3-6-17)9-10-27(19)16-22(28)25-18-7-8-20-21(13-18)31-12-4-11-30-20/h1-3,5-8,13,19H,4,9-12,14-16H2,(H2,24,29)(H,25,28)/t19-/m0/s1. The lowest BCUT2D eigenvalue weighted by atomic mass is 10.1. The predicted octanol–water partition coefficient (Wildman–Crippen LogP) is 1.46. The van der Waals surface area contributed by atoms with E-state index in [1.807, 2.05) is 23.1 Å². The Morgan fingerprint density at radius 2 is 1.81 bits per heavy atom. The number of hydrogen-bond acceptors (Lipinski definition) is 6. The van der Waals surface area contributed by atoms with Gasteiger partial charge in [-0.05, 0) is 17.7 Å². The highest BCUT2D eigenvalue weighted by molar-refractivity contribution is 5.93. The molecule has 2 aromatic carbocycles. The van der Waals surface area contributed by atoms with Gasteiger partial charge in [-0.25, -0.2) is 0 Å². The molecule has 2 heterocycles. The zero-order valence-electron chi connectivity index (χ0n) is 17.5. The molecule has 8 nitrogen and oxygen atoms in total. The second-order valence-corrected chi connectivity index (χ2v) is 7.87. The number of anilines is 1. The van der Waals surface area contributed by atoms with E-state index in [1.54, 1.807) is 18.2 Å².